The van der Waals surface area contributed by atoms with Gasteiger partial charge in [-0.25, -0.2) is 0 Å². The number of allylic oxidation sites excluding steroid dienone is 1. The summed E-state index contributed by atoms with van der Waals surface area (Å²) in [6.45, 7) is 5.55. The number of carbonyl (C=O) groups is 3. The van der Waals surface area contributed by atoms with Crippen LogP contribution in [-0.4, -0.2) is 94.0 Å². The number of amides is 2. The predicted octanol–water partition coefficient (Wildman–Crippen LogP) is 6.80. The number of hydrogen-bond acceptors (Lipinski definition) is 7. The molecular weight excluding hydrogens is 632 g/mol. The third kappa shape index (κ3) is 21.3. The van der Waals surface area contributed by atoms with E-state index < -0.39 is 12.2 Å². The molecule has 0 radical (unpaired) electrons. The van der Waals surface area contributed by atoms with E-state index in [0.717, 1.165) is 109 Å². The molecule has 2 fully saturated rings. The molecule has 50 heavy (non-hydrogen) atoms. The van der Waals surface area contributed by atoms with Gasteiger partial charge >= 0.3 is 5.97 Å². The number of piperidine rings is 2. The average Bonchev–Trinajstić information content (AvgIpc) is 3.11. The third-order valence-electron chi connectivity index (χ3n) is 9.07. The number of hydrogen-bond donors (Lipinski definition) is 3. The van der Waals surface area contributed by atoms with Gasteiger partial charge in [-0.3, -0.25) is 14.4 Å². The highest BCUT2D eigenvalue weighted by atomic mass is 16.5. The molecule has 0 spiro atoms. The van der Waals surface area contributed by atoms with Crippen LogP contribution in [0.25, 0.3) is 0 Å². The summed E-state index contributed by atoms with van der Waals surface area (Å²) >= 11 is 0. The summed E-state index contributed by atoms with van der Waals surface area (Å²) in [6, 6.07) is 0.121. The molecule has 2 unspecified atom stereocenters. The summed E-state index contributed by atoms with van der Waals surface area (Å²) in [5.74, 6) is 6.30. The molecular formula is C41H68N2O7. The Hall–Kier alpha value is -2.93. The van der Waals surface area contributed by atoms with Gasteiger partial charge in [-0.1, -0.05) is 94.7 Å². The van der Waals surface area contributed by atoms with Gasteiger partial charge in [0.1, 0.15) is 0 Å². The van der Waals surface area contributed by atoms with Crippen molar-refractivity contribution in [2.75, 3.05) is 26.8 Å². The van der Waals surface area contributed by atoms with E-state index in [0.29, 0.717) is 32.4 Å². The van der Waals surface area contributed by atoms with Crippen molar-refractivity contribution < 1.29 is 34.4 Å². The van der Waals surface area contributed by atoms with Gasteiger partial charge in [-0.2, -0.15) is 0 Å². The minimum absolute atomic E-state index is 0.0545. The second-order valence-corrected chi connectivity index (χ2v) is 13.4. The SMILES string of the molecule is CCCCCC(O)/C=C/[C@H]1CCCC(=O)N1C/C=C\CCCC(=O)OC.CCCCCC(O)/C=C/[C@H]1CCCC(=O)N1CC#CCCCCO. The zero-order valence-corrected chi connectivity index (χ0v) is 31.4. The van der Waals surface area contributed by atoms with Crippen LogP contribution in [0.4, 0.5) is 0 Å². The van der Waals surface area contributed by atoms with Gasteiger partial charge in [0.2, 0.25) is 11.8 Å². The molecule has 0 bridgehead atoms. The van der Waals surface area contributed by atoms with Crippen molar-refractivity contribution in [1.29, 1.82) is 0 Å². The molecule has 9 heteroatoms. The number of aliphatic hydroxyl groups excluding tert-OH is 3. The Kier molecular flexibility index (Phi) is 26.8. The fraction of sp³-hybridized carbons (Fsp3) is 0.732. The Morgan fingerprint density at radius 1 is 0.820 bits per heavy atom. The molecule has 0 aromatic heterocycles. The highest BCUT2D eigenvalue weighted by molar-refractivity contribution is 5.78. The van der Waals surface area contributed by atoms with Crippen LogP contribution >= 0.6 is 0 Å². The Balaban J connectivity index is 0.000000502. The van der Waals surface area contributed by atoms with Gasteiger partial charge in [0.25, 0.3) is 0 Å². The standard InChI is InChI=1S/C21H35NO4.C20H33NO3/c1-3-4-7-12-19(23)16-15-18-11-10-13-20(24)22(18)17-9-6-5-8-14-21(25)26-2;1-2-3-7-12-19(23)15-14-18-11-10-13-20(24)21(18)16-8-5-4-6-9-17-22/h6,9,15-16,18-19,23H,3-5,7-8,10-14,17H2,1-2H3;14-15,18-19,22-23H,2-4,6-7,9-13,16-17H2,1H3/b9-6-,16-15+;15-14+/t2*18-,19?/m11/s1. The van der Waals surface area contributed by atoms with Crippen LogP contribution in [0.5, 0.6) is 0 Å². The number of ether oxygens (including phenoxy) is 1. The van der Waals surface area contributed by atoms with Crippen molar-refractivity contribution in [2.45, 2.75) is 167 Å². The minimum atomic E-state index is -0.422. The quantitative estimate of drug-likeness (QED) is 0.0491. The molecule has 3 N–H and O–H groups in total. The van der Waals surface area contributed by atoms with Gasteiger partial charge in [0, 0.05) is 38.8 Å². The fourth-order valence-corrected chi connectivity index (χ4v) is 5.98. The monoisotopic (exact) mass is 701 g/mol. The Bertz CT molecular complexity index is 1080. The van der Waals surface area contributed by atoms with Gasteiger partial charge in [0.05, 0.1) is 37.9 Å². The first kappa shape index (κ1) is 45.1. The van der Waals surface area contributed by atoms with Crippen molar-refractivity contribution in [1.82, 2.24) is 9.80 Å². The maximum Gasteiger partial charge on any atom is 0.305 e. The molecule has 2 rings (SSSR count). The molecule has 2 saturated heterocycles. The van der Waals surface area contributed by atoms with Gasteiger partial charge in [0.15, 0.2) is 0 Å². The molecule has 284 valence electrons. The molecule has 0 aromatic rings. The molecule has 0 aliphatic carbocycles. The van der Waals surface area contributed by atoms with Crippen molar-refractivity contribution in [3.8, 4) is 11.8 Å². The summed E-state index contributed by atoms with van der Waals surface area (Å²) in [4.78, 5) is 39.2. The molecule has 4 atom stereocenters. The van der Waals surface area contributed by atoms with E-state index in [1.54, 1.807) is 0 Å². The van der Waals surface area contributed by atoms with Crippen LogP contribution in [0.1, 0.15) is 142 Å². The molecule has 0 aromatic carbocycles. The lowest BCUT2D eigenvalue weighted by molar-refractivity contribution is -0.140. The van der Waals surface area contributed by atoms with E-state index in [1.165, 1.54) is 7.11 Å². The lowest BCUT2D eigenvalue weighted by Crippen LogP contribution is -2.42. The van der Waals surface area contributed by atoms with Crippen molar-refractivity contribution in [3.05, 3.63) is 36.5 Å². The lowest BCUT2D eigenvalue weighted by Gasteiger charge is -2.33. The summed E-state index contributed by atoms with van der Waals surface area (Å²) in [6.07, 6.45) is 28.4. The summed E-state index contributed by atoms with van der Waals surface area (Å²) < 4.78 is 4.61. The molecule has 9 nitrogen and oxygen atoms in total. The molecule has 0 saturated carbocycles. The number of rotatable bonds is 22. The first-order valence-electron chi connectivity index (χ1n) is 19.4. The number of unbranched alkanes of at least 4 members (excludes halogenated alkanes) is 7. The number of carbonyl (C=O) groups excluding carboxylic acids is 3. The number of aliphatic hydroxyl groups is 3. The lowest BCUT2D eigenvalue weighted by atomic mass is 10.00. The van der Waals surface area contributed by atoms with Crippen LogP contribution in [0.3, 0.4) is 0 Å². The largest absolute Gasteiger partial charge is 0.469 e. The Morgan fingerprint density at radius 3 is 1.96 bits per heavy atom. The maximum atomic E-state index is 12.2. The highest BCUT2D eigenvalue weighted by Crippen LogP contribution is 2.21. The smallest absolute Gasteiger partial charge is 0.305 e. The highest BCUT2D eigenvalue weighted by Gasteiger charge is 2.26. The number of nitrogens with zero attached hydrogens (tertiary/aromatic N) is 2. The molecule has 2 aliphatic rings. The first-order chi connectivity index (χ1) is 24.3. The van der Waals surface area contributed by atoms with E-state index in [1.807, 2.05) is 46.3 Å². The van der Waals surface area contributed by atoms with Crippen LogP contribution in [0, 0.1) is 11.8 Å². The maximum absolute atomic E-state index is 12.2. The summed E-state index contributed by atoms with van der Waals surface area (Å²) in [5.41, 5.74) is 0. The van der Waals surface area contributed by atoms with Crippen molar-refractivity contribution >= 4 is 17.8 Å². The van der Waals surface area contributed by atoms with Crippen LogP contribution in [0.2, 0.25) is 0 Å². The predicted molar refractivity (Wildman–Crippen MR) is 201 cm³/mol. The van der Waals surface area contributed by atoms with Crippen LogP contribution in [-0.2, 0) is 19.1 Å². The van der Waals surface area contributed by atoms with Gasteiger partial charge in [-0.05, 0) is 64.2 Å². The second kappa shape index (κ2) is 29.8. The van der Waals surface area contributed by atoms with Crippen LogP contribution < -0.4 is 0 Å². The Morgan fingerprint density at radius 2 is 1.40 bits per heavy atom. The van der Waals surface area contributed by atoms with Gasteiger partial charge < -0.3 is 29.9 Å². The number of methoxy groups -OCH3 is 1. The molecule has 2 aliphatic heterocycles. The minimum Gasteiger partial charge on any atom is -0.469 e. The van der Waals surface area contributed by atoms with E-state index in [9.17, 15) is 24.6 Å². The normalized spacial score (nSPS) is 19.4. The average molecular weight is 701 g/mol. The zero-order chi connectivity index (χ0) is 36.8. The fourth-order valence-electron chi connectivity index (χ4n) is 5.98. The van der Waals surface area contributed by atoms with Crippen molar-refractivity contribution in [2.24, 2.45) is 0 Å². The number of likely N-dealkylation sites (tertiary alicyclic amines) is 2. The zero-order valence-electron chi connectivity index (χ0n) is 31.4. The first-order valence-corrected chi connectivity index (χ1v) is 19.4. The topological polar surface area (TPSA) is 128 Å². The summed E-state index contributed by atoms with van der Waals surface area (Å²) in [5, 5.41) is 28.8. The number of esters is 1. The van der Waals surface area contributed by atoms with Crippen molar-refractivity contribution in [3.63, 3.8) is 0 Å². The summed E-state index contributed by atoms with van der Waals surface area (Å²) in [7, 11) is 1.40. The third-order valence-corrected chi connectivity index (χ3v) is 9.07. The van der Waals surface area contributed by atoms with E-state index in [-0.39, 0.29) is 36.5 Å². The Labute approximate surface area is 303 Å². The van der Waals surface area contributed by atoms with E-state index >= 15 is 0 Å². The molecule has 2 amide bonds. The van der Waals surface area contributed by atoms with E-state index in [4.69, 9.17) is 5.11 Å². The van der Waals surface area contributed by atoms with E-state index in [2.05, 4.69) is 30.4 Å². The second-order valence-electron chi connectivity index (χ2n) is 13.4. The van der Waals surface area contributed by atoms with Crippen LogP contribution in [0.15, 0.2) is 36.5 Å². The van der Waals surface area contributed by atoms with Gasteiger partial charge in [-0.15, -0.1) is 5.92 Å². The molecule has 2 heterocycles.